The smallest absolute Gasteiger partial charge is 0.213 e. The van der Waals surface area contributed by atoms with Crippen LogP contribution >= 0.6 is 69.6 Å². The van der Waals surface area contributed by atoms with Crippen molar-refractivity contribution in [2.24, 2.45) is 0 Å². The van der Waals surface area contributed by atoms with Crippen molar-refractivity contribution in [2.45, 2.75) is 13.9 Å². The second kappa shape index (κ2) is 8.68. The number of alkyl halides is 6. The zero-order valence-corrected chi connectivity index (χ0v) is 16.4. The van der Waals surface area contributed by atoms with E-state index in [0.29, 0.717) is 5.56 Å². The highest BCUT2D eigenvalue weighted by Crippen LogP contribution is 2.33. The van der Waals surface area contributed by atoms with Crippen molar-refractivity contribution >= 4 is 75.3 Å². The summed E-state index contributed by atoms with van der Waals surface area (Å²) < 4.78 is 7.83. The van der Waals surface area contributed by atoms with E-state index in [4.69, 9.17) is 79.1 Å². The summed E-state index contributed by atoms with van der Waals surface area (Å²) in [6, 6.07) is 7.47. The van der Waals surface area contributed by atoms with Gasteiger partial charge in [-0.15, -0.1) is 0 Å². The monoisotopic (exact) mass is 427 g/mol. The quantitative estimate of drug-likeness (QED) is 0.438. The lowest BCUT2D eigenvalue weighted by molar-refractivity contribution is -0.144. The molecular formula is C13H15Cl6NO2. The lowest BCUT2D eigenvalue weighted by Gasteiger charge is -2.23. The summed E-state index contributed by atoms with van der Waals surface area (Å²) in [6.07, 6.45) is -0.817. The predicted octanol–water partition coefficient (Wildman–Crippen LogP) is 5.52. The van der Waals surface area contributed by atoms with Crippen LogP contribution in [0.4, 0.5) is 5.69 Å². The minimum atomic E-state index is -1.56. The standard InChI is InChI=1S/C13H15Cl6NO2/c1-20(2)10-5-3-9(4-6-10)11(21-7-12(14,15)16)22-8-13(17,18)19/h3-6,11H,7-8H2,1-2H3. The van der Waals surface area contributed by atoms with Crippen molar-refractivity contribution in [3.63, 3.8) is 0 Å². The van der Waals surface area contributed by atoms with Gasteiger partial charge in [-0.3, -0.25) is 0 Å². The Labute approximate surface area is 160 Å². The number of rotatable bonds is 6. The molecule has 0 saturated heterocycles. The summed E-state index contributed by atoms with van der Waals surface area (Å²) in [5.41, 5.74) is 1.74. The fraction of sp³-hybridized carbons (Fsp3) is 0.538. The SMILES string of the molecule is CN(C)c1ccc(C(OCC(Cl)(Cl)Cl)OCC(Cl)(Cl)Cl)cc1. The fourth-order valence-corrected chi connectivity index (χ4v) is 1.89. The van der Waals surface area contributed by atoms with Gasteiger partial charge >= 0.3 is 0 Å². The normalized spacial score (nSPS) is 12.8. The van der Waals surface area contributed by atoms with Gasteiger partial charge in [0.05, 0.1) is 13.2 Å². The van der Waals surface area contributed by atoms with E-state index >= 15 is 0 Å². The third-order valence-corrected chi connectivity index (χ3v) is 3.13. The topological polar surface area (TPSA) is 21.7 Å². The van der Waals surface area contributed by atoms with Crippen LogP contribution in [0, 0.1) is 0 Å². The van der Waals surface area contributed by atoms with Crippen LogP contribution in [0.1, 0.15) is 11.9 Å². The molecule has 0 fully saturated rings. The van der Waals surface area contributed by atoms with Gasteiger partial charge in [0, 0.05) is 25.3 Å². The van der Waals surface area contributed by atoms with E-state index in [1.54, 1.807) is 0 Å². The van der Waals surface area contributed by atoms with Crippen molar-refractivity contribution < 1.29 is 9.47 Å². The van der Waals surface area contributed by atoms with Crippen LogP contribution in [-0.4, -0.2) is 34.9 Å². The van der Waals surface area contributed by atoms with E-state index in [-0.39, 0.29) is 13.2 Å². The van der Waals surface area contributed by atoms with Crippen LogP contribution < -0.4 is 4.90 Å². The van der Waals surface area contributed by atoms with Crippen LogP contribution in [0.5, 0.6) is 0 Å². The minimum Gasteiger partial charge on any atom is -0.378 e. The summed E-state index contributed by atoms with van der Waals surface area (Å²) in [4.78, 5) is 1.96. The van der Waals surface area contributed by atoms with Crippen LogP contribution in [0.15, 0.2) is 24.3 Å². The molecule has 3 nitrogen and oxygen atoms in total. The van der Waals surface area contributed by atoms with Crippen molar-refractivity contribution in [2.75, 3.05) is 32.2 Å². The van der Waals surface area contributed by atoms with Gasteiger partial charge in [0.1, 0.15) is 0 Å². The Kier molecular flexibility index (Phi) is 8.18. The maximum absolute atomic E-state index is 5.69. The lowest BCUT2D eigenvalue weighted by atomic mass is 10.2. The van der Waals surface area contributed by atoms with Crippen molar-refractivity contribution in [1.82, 2.24) is 0 Å². The molecule has 9 heteroatoms. The zero-order chi connectivity index (χ0) is 17.0. The number of halogens is 6. The molecule has 0 radical (unpaired) electrons. The first-order valence-electron chi connectivity index (χ1n) is 6.12. The molecule has 0 aromatic heterocycles. The molecule has 0 bridgehead atoms. The molecule has 0 aliphatic carbocycles. The molecule has 0 N–H and O–H groups in total. The van der Waals surface area contributed by atoms with Crippen LogP contribution in [0.3, 0.4) is 0 Å². The minimum absolute atomic E-state index is 0.169. The third kappa shape index (κ3) is 8.51. The fourth-order valence-electron chi connectivity index (χ4n) is 1.51. The lowest BCUT2D eigenvalue weighted by Crippen LogP contribution is -2.22. The molecule has 0 atom stereocenters. The van der Waals surface area contributed by atoms with Gasteiger partial charge in [0.15, 0.2) is 6.29 Å². The van der Waals surface area contributed by atoms with Crippen LogP contribution in [0.2, 0.25) is 0 Å². The molecule has 0 saturated carbocycles. The second-order valence-corrected chi connectivity index (χ2v) is 9.70. The summed E-state index contributed by atoms with van der Waals surface area (Å²) in [5.74, 6) is 0. The Hall–Kier alpha value is 0.680. The Morgan fingerprint density at radius 3 is 1.59 bits per heavy atom. The number of hydrogen-bond donors (Lipinski definition) is 0. The van der Waals surface area contributed by atoms with E-state index in [2.05, 4.69) is 0 Å². The van der Waals surface area contributed by atoms with Gasteiger partial charge in [-0.1, -0.05) is 81.7 Å². The summed E-state index contributed by atoms with van der Waals surface area (Å²) in [5, 5.41) is 0. The maximum atomic E-state index is 5.69. The second-order valence-electron chi connectivity index (χ2n) is 4.67. The largest absolute Gasteiger partial charge is 0.378 e. The Bertz CT molecular complexity index is 437. The van der Waals surface area contributed by atoms with Crippen molar-refractivity contribution in [3.8, 4) is 0 Å². The first-order valence-corrected chi connectivity index (χ1v) is 8.39. The zero-order valence-electron chi connectivity index (χ0n) is 11.8. The number of hydrogen-bond acceptors (Lipinski definition) is 3. The van der Waals surface area contributed by atoms with Crippen LogP contribution in [0.25, 0.3) is 0 Å². The number of nitrogens with zero attached hydrogens (tertiary/aromatic N) is 1. The molecule has 0 heterocycles. The summed E-state index contributed by atoms with van der Waals surface area (Å²) in [6.45, 7) is -0.338. The molecule has 0 unspecified atom stereocenters. The third-order valence-electron chi connectivity index (χ3n) is 2.48. The summed E-state index contributed by atoms with van der Waals surface area (Å²) in [7, 11) is 3.87. The molecule has 22 heavy (non-hydrogen) atoms. The number of benzene rings is 1. The number of ether oxygens (including phenoxy) is 2. The molecule has 0 aliphatic rings. The van der Waals surface area contributed by atoms with Gasteiger partial charge in [-0.25, -0.2) is 0 Å². The van der Waals surface area contributed by atoms with E-state index in [1.807, 2.05) is 43.3 Å². The van der Waals surface area contributed by atoms with E-state index in [9.17, 15) is 0 Å². The first-order chi connectivity index (χ1) is 9.98. The summed E-state index contributed by atoms with van der Waals surface area (Å²) >= 11 is 34.1. The van der Waals surface area contributed by atoms with Crippen molar-refractivity contribution in [3.05, 3.63) is 29.8 Å². The molecule has 0 spiro atoms. The average molecular weight is 430 g/mol. The molecule has 1 aromatic carbocycles. The Morgan fingerprint density at radius 1 is 0.864 bits per heavy atom. The van der Waals surface area contributed by atoms with E-state index in [1.165, 1.54) is 0 Å². The maximum Gasteiger partial charge on any atom is 0.213 e. The van der Waals surface area contributed by atoms with Crippen LogP contribution in [-0.2, 0) is 9.47 Å². The average Bonchev–Trinajstić information content (AvgIpc) is 2.36. The first kappa shape index (κ1) is 20.7. The van der Waals surface area contributed by atoms with E-state index in [0.717, 1.165) is 5.69 Å². The molecule has 126 valence electrons. The van der Waals surface area contributed by atoms with Gasteiger partial charge < -0.3 is 14.4 Å². The molecular weight excluding hydrogens is 415 g/mol. The highest BCUT2D eigenvalue weighted by atomic mass is 35.6. The number of anilines is 1. The highest BCUT2D eigenvalue weighted by Gasteiger charge is 2.27. The van der Waals surface area contributed by atoms with Gasteiger partial charge in [0.25, 0.3) is 0 Å². The molecule has 0 aliphatic heterocycles. The Balaban J connectivity index is 2.83. The van der Waals surface area contributed by atoms with Gasteiger partial charge in [-0.2, -0.15) is 0 Å². The Morgan fingerprint density at radius 2 is 1.27 bits per heavy atom. The van der Waals surface area contributed by atoms with Crippen molar-refractivity contribution in [1.29, 1.82) is 0 Å². The molecule has 0 amide bonds. The van der Waals surface area contributed by atoms with E-state index < -0.39 is 13.9 Å². The van der Waals surface area contributed by atoms with Gasteiger partial charge in [-0.05, 0) is 12.1 Å². The van der Waals surface area contributed by atoms with Gasteiger partial charge in [0.2, 0.25) is 7.59 Å². The predicted molar refractivity (Wildman–Crippen MR) is 96.0 cm³/mol. The highest BCUT2D eigenvalue weighted by molar-refractivity contribution is 6.68. The molecule has 1 rings (SSSR count). The molecule has 1 aromatic rings.